The van der Waals surface area contributed by atoms with E-state index in [9.17, 15) is 23.6 Å². The van der Waals surface area contributed by atoms with E-state index in [-0.39, 0.29) is 16.3 Å². The standard InChI is InChI=1S/C16H16N2O5S/c1-24(22,23)15-9-11(18(20)21)6-7-13(15)17-16-12-5-3-2-4-10(12)8-14(16)19/h2-7,9,14,16-17,19H,8H2,1H3/t14-,16+/m0/s1. The van der Waals surface area contributed by atoms with Crippen LogP contribution < -0.4 is 5.32 Å². The minimum atomic E-state index is -3.67. The zero-order chi connectivity index (χ0) is 17.5. The Morgan fingerprint density at radius 3 is 2.62 bits per heavy atom. The van der Waals surface area contributed by atoms with E-state index < -0.39 is 26.9 Å². The monoisotopic (exact) mass is 348 g/mol. The fraction of sp³-hybridized carbons (Fsp3) is 0.250. The molecule has 8 heteroatoms. The first-order valence-corrected chi connectivity index (χ1v) is 9.17. The molecule has 3 rings (SSSR count). The van der Waals surface area contributed by atoms with Gasteiger partial charge in [-0.25, -0.2) is 8.42 Å². The number of sulfone groups is 1. The maximum atomic E-state index is 12.0. The number of aliphatic hydroxyl groups is 1. The summed E-state index contributed by atoms with van der Waals surface area (Å²) in [6.45, 7) is 0. The van der Waals surface area contributed by atoms with Crippen molar-refractivity contribution < 1.29 is 18.4 Å². The van der Waals surface area contributed by atoms with E-state index in [1.807, 2.05) is 24.3 Å². The van der Waals surface area contributed by atoms with Crippen molar-refractivity contribution in [2.75, 3.05) is 11.6 Å². The molecule has 0 unspecified atom stereocenters. The number of aliphatic hydroxyl groups excluding tert-OH is 1. The molecule has 2 N–H and O–H groups in total. The van der Waals surface area contributed by atoms with Crippen molar-refractivity contribution in [3.8, 4) is 0 Å². The van der Waals surface area contributed by atoms with Crippen LogP contribution in [0.3, 0.4) is 0 Å². The molecule has 0 spiro atoms. The topological polar surface area (TPSA) is 110 Å². The second kappa shape index (κ2) is 5.88. The van der Waals surface area contributed by atoms with Crippen molar-refractivity contribution in [3.05, 3.63) is 63.7 Å². The highest BCUT2D eigenvalue weighted by Crippen LogP contribution is 2.36. The Bertz CT molecular complexity index is 910. The number of fused-ring (bicyclic) bond motifs is 1. The number of nitro groups is 1. The lowest BCUT2D eigenvalue weighted by molar-refractivity contribution is -0.385. The smallest absolute Gasteiger partial charge is 0.270 e. The van der Waals surface area contributed by atoms with Crippen molar-refractivity contribution in [2.45, 2.75) is 23.5 Å². The van der Waals surface area contributed by atoms with Crippen LogP contribution in [0, 0.1) is 10.1 Å². The quantitative estimate of drug-likeness (QED) is 0.646. The Morgan fingerprint density at radius 1 is 1.25 bits per heavy atom. The summed E-state index contributed by atoms with van der Waals surface area (Å²) in [7, 11) is -3.67. The van der Waals surface area contributed by atoms with Crippen LogP contribution >= 0.6 is 0 Å². The zero-order valence-electron chi connectivity index (χ0n) is 12.8. The summed E-state index contributed by atoms with van der Waals surface area (Å²) in [6.07, 6.45) is 0.760. The van der Waals surface area contributed by atoms with Crippen LogP contribution in [-0.4, -0.2) is 30.8 Å². The lowest BCUT2D eigenvalue weighted by atomic mass is 10.1. The van der Waals surface area contributed by atoms with Gasteiger partial charge in [-0.1, -0.05) is 24.3 Å². The molecule has 0 radical (unpaired) electrons. The summed E-state index contributed by atoms with van der Waals surface area (Å²) in [6, 6.07) is 10.7. The molecule has 1 aliphatic rings. The summed E-state index contributed by atoms with van der Waals surface area (Å²) < 4.78 is 24.0. The first kappa shape index (κ1) is 16.4. The van der Waals surface area contributed by atoms with Crippen molar-refractivity contribution in [1.82, 2.24) is 0 Å². The van der Waals surface area contributed by atoms with Crippen LogP contribution in [0.25, 0.3) is 0 Å². The van der Waals surface area contributed by atoms with E-state index in [0.717, 1.165) is 23.4 Å². The largest absolute Gasteiger partial charge is 0.390 e. The van der Waals surface area contributed by atoms with Gasteiger partial charge in [-0.3, -0.25) is 10.1 Å². The lowest BCUT2D eigenvalue weighted by Gasteiger charge is -2.21. The molecule has 126 valence electrons. The summed E-state index contributed by atoms with van der Waals surface area (Å²) >= 11 is 0. The first-order valence-electron chi connectivity index (χ1n) is 7.28. The highest BCUT2D eigenvalue weighted by Gasteiger charge is 2.32. The second-order valence-electron chi connectivity index (χ2n) is 5.80. The van der Waals surface area contributed by atoms with Crippen LogP contribution in [0.5, 0.6) is 0 Å². The van der Waals surface area contributed by atoms with Crippen LogP contribution in [0.1, 0.15) is 17.2 Å². The van der Waals surface area contributed by atoms with Crippen molar-refractivity contribution in [3.63, 3.8) is 0 Å². The third-order valence-corrected chi connectivity index (χ3v) is 5.23. The average molecular weight is 348 g/mol. The maximum Gasteiger partial charge on any atom is 0.270 e. The normalized spacial score (nSPS) is 19.8. The van der Waals surface area contributed by atoms with Gasteiger partial charge in [0.05, 0.1) is 27.7 Å². The first-order chi connectivity index (χ1) is 11.3. The van der Waals surface area contributed by atoms with E-state index in [0.29, 0.717) is 6.42 Å². The van der Waals surface area contributed by atoms with Crippen LogP contribution in [0.15, 0.2) is 47.4 Å². The van der Waals surface area contributed by atoms with Gasteiger partial charge in [0, 0.05) is 24.8 Å². The second-order valence-corrected chi connectivity index (χ2v) is 7.79. The molecule has 0 saturated carbocycles. The molecule has 0 aromatic heterocycles. The van der Waals surface area contributed by atoms with Crippen molar-refractivity contribution in [2.24, 2.45) is 0 Å². The third kappa shape index (κ3) is 2.98. The van der Waals surface area contributed by atoms with Crippen LogP contribution in [0.4, 0.5) is 11.4 Å². The average Bonchev–Trinajstić information content (AvgIpc) is 2.82. The molecule has 0 fully saturated rings. The van der Waals surface area contributed by atoms with Gasteiger partial charge in [0.1, 0.15) is 0 Å². The van der Waals surface area contributed by atoms with Gasteiger partial charge in [-0.15, -0.1) is 0 Å². The molecular weight excluding hydrogens is 332 g/mol. The van der Waals surface area contributed by atoms with E-state index in [2.05, 4.69) is 5.32 Å². The minimum Gasteiger partial charge on any atom is -0.390 e. The molecule has 2 atom stereocenters. The Morgan fingerprint density at radius 2 is 1.96 bits per heavy atom. The number of hydrogen-bond donors (Lipinski definition) is 2. The molecule has 0 amide bonds. The predicted octanol–water partition coefficient (Wildman–Crippen LogP) is 2.07. The number of anilines is 1. The molecule has 2 aromatic rings. The number of rotatable bonds is 4. The number of non-ortho nitro benzene ring substituents is 1. The van der Waals surface area contributed by atoms with Gasteiger partial charge in [-0.05, 0) is 17.2 Å². The minimum absolute atomic E-state index is 0.159. The van der Waals surface area contributed by atoms with Crippen LogP contribution in [0.2, 0.25) is 0 Å². The van der Waals surface area contributed by atoms with E-state index in [1.54, 1.807) is 0 Å². The van der Waals surface area contributed by atoms with Gasteiger partial charge < -0.3 is 10.4 Å². The highest BCUT2D eigenvalue weighted by atomic mass is 32.2. The maximum absolute atomic E-state index is 12.0. The van der Waals surface area contributed by atoms with Gasteiger partial charge in [-0.2, -0.15) is 0 Å². The molecule has 0 saturated heterocycles. The van der Waals surface area contributed by atoms with Gasteiger partial charge in [0.15, 0.2) is 9.84 Å². The summed E-state index contributed by atoms with van der Waals surface area (Å²) in [5, 5.41) is 24.2. The summed E-state index contributed by atoms with van der Waals surface area (Å²) in [4.78, 5) is 10.1. The van der Waals surface area contributed by atoms with E-state index in [4.69, 9.17) is 0 Å². The lowest BCUT2D eigenvalue weighted by Crippen LogP contribution is -2.22. The van der Waals surface area contributed by atoms with Gasteiger partial charge >= 0.3 is 0 Å². The Labute approximate surface area is 139 Å². The molecule has 7 nitrogen and oxygen atoms in total. The highest BCUT2D eigenvalue weighted by molar-refractivity contribution is 7.90. The van der Waals surface area contributed by atoms with Gasteiger partial charge in [0.25, 0.3) is 5.69 Å². The Hall–Kier alpha value is -2.45. The van der Waals surface area contributed by atoms with Crippen LogP contribution in [-0.2, 0) is 16.3 Å². The fourth-order valence-electron chi connectivity index (χ4n) is 2.97. The molecular formula is C16H16N2O5S. The Kier molecular flexibility index (Phi) is 4.02. The molecule has 0 aliphatic heterocycles. The molecule has 0 heterocycles. The third-order valence-electron chi connectivity index (χ3n) is 4.09. The number of nitrogens with zero attached hydrogens (tertiary/aromatic N) is 1. The number of hydrogen-bond acceptors (Lipinski definition) is 6. The number of nitrogens with one attached hydrogen (secondary N) is 1. The molecule has 1 aliphatic carbocycles. The van der Waals surface area contributed by atoms with E-state index >= 15 is 0 Å². The summed E-state index contributed by atoms with van der Waals surface area (Å²) in [5.41, 5.74) is 1.82. The molecule has 2 aromatic carbocycles. The van der Waals surface area contributed by atoms with Gasteiger partial charge in [0.2, 0.25) is 0 Å². The summed E-state index contributed by atoms with van der Waals surface area (Å²) in [5.74, 6) is 0. The predicted molar refractivity (Wildman–Crippen MR) is 88.7 cm³/mol. The van der Waals surface area contributed by atoms with Crippen molar-refractivity contribution in [1.29, 1.82) is 0 Å². The number of nitro benzene ring substituents is 1. The number of benzene rings is 2. The molecule has 0 bridgehead atoms. The van der Waals surface area contributed by atoms with E-state index in [1.165, 1.54) is 12.1 Å². The fourth-order valence-corrected chi connectivity index (χ4v) is 3.83. The SMILES string of the molecule is CS(=O)(=O)c1cc([N+](=O)[O-])ccc1N[C@@H]1c2ccccc2C[C@@H]1O. The van der Waals surface area contributed by atoms with Crippen molar-refractivity contribution >= 4 is 21.2 Å². The Balaban J connectivity index is 2.03. The zero-order valence-corrected chi connectivity index (χ0v) is 13.7. The molecule has 24 heavy (non-hydrogen) atoms.